The van der Waals surface area contributed by atoms with Gasteiger partial charge in [0.05, 0.1) is 16.9 Å². The number of nitrogens with one attached hydrogen (secondary N) is 1. The van der Waals surface area contributed by atoms with E-state index in [9.17, 15) is 13.2 Å². The van der Waals surface area contributed by atoms with Crippen LogP contribution in [0.25, 0.3) is 11.0 Å². The van der Waals surface area contributed by atoms with E-state index in [1.165, 1.54) is 12.4 Å². The maximum Gasteiger partial charge on any atom is 0.573 e. The van der Waals surface area contributed by atoms with Crippen LogP contribution in [-0.2, 0) is 0 Å². The highest BCUT2D eigenvalue weighted by Gasteiger charge is 2.31. The molecular formula is C8H4ClF3N2O. The highest BCUT2D eigenvalue weighted by molar-refractivity contribution is 6.35. The number of aromatic nitrogens is 2. The van der Waals surface area contributed by atoms with E-state index in [1.807, 2.05) is 0 Å². The van der Waals surface area contributed by atoms with Gasteiger partial charge in [-0.25, -0.2) is 4.98 Å². The first-order valence-electron chi connectivity index (χ1n) is 3.84. The molecule has 0 aliphatic rings. The number of fused-ring (bicyclic) bond motifs is 1. The van der Waals surface area contributed by atoms with Gasteiger partial charge in [-0.1, -0.05) is 11.6 Å². The number of hydrogen-bond acceptors (Lipinski definition) is 2. The van der Waals surface area contributed by atoms with Gasteiger partial charge < -0.3 is 9.72 Å². The van der Waals surface area contributed by atoms with Crippen molar-refractivity contribution < 1.29 is 17.9 Å². The van der Waals surface area contributed by atoms with Crippen molar-refractivity contribution in [2.45, 2.75) is 6.36 Å². The zero-order chi connectivity index (χ0) is 11.1. The molecule has 2 aromatic rings. The number of benzene rings is 1. The molecule has 0 aliphatic carbocycles. The molecule has 0 atom stereocenters. The van der Waals surface area contributed by atoms with Gasteiger partial charge in [-0.2, -0.15) is 0 Å². The summed E-state index contributed by atoms with van der Waals surface area (Å²) in [5.41, 5.74) is 0.799. The minimum absolute atomic E-state index is 0.105. The molecule has 0 saturated carbocycles. The summed E-state index contributed by atoms with van der Waals surface area (Å²) >= 11 is 5.70. The molecule has 3 nitrogen and oxygen atoms in total. The predicted molar refractivity (Wildman–Crippen MR) is 47.8 cm³/mol. The summed E-state index contributed by atoms with van der Waals surface area (Å²) in [6, 6.07) is 2.25. The van der Waals surface area contributed by atoms with E-state index in [0.717, 1.165) is 6.07 Å². The topological polar surface area (TPSA) is 37.9 Å². The Labute approximate surface area is 86.8 Å². The van der Waals surface area contributed by atoms with Crippen molar-refractivity contribution in [2.75, 3.05) is 0 Å². The molecule has 0 saturated heterocycles. The fourth-order valence-corrected chi connectivity index (χ4v) is 1.43. The molecular weight excluding hydrogens is 233 g/mol. The average molecular weight is 237 g/mol. The van der Waals surface area contributed by atoms with E-state index in [0.29, 0.717) is 11.0 Å². The second kappa shape index (κ2) is 3.30. The van der Waals surface area contributed by atoms with E-state index < -0.39 is 6.36 Å². The van der Waals surface area contributed by atoms with Crippen LogP contribution in [0.2, 0.25) is 5.02 Å². The van der Waals surface area contributed by atoms with Gasteiger partial charge in [0.2, 0.25) is 0 Å². The van der Waals surface area contributed by atoms with Crippen LogP contribution in [0.5, 0.6) is 5.75 Å². The van der Waals surface area contributed by atoms with Crippen molar-refractivity contribution in [1.82, 2.24) is 9.97 Å². The summed E-state index contributed by atoms with van der Waals surface area (Å²) in [6.07, 6.45) is -3.38. The molecule has 1 N–H and O–H groups in total. The number of aromatic amines is 1. The lowest BCUT2D eigenvalue weighted by Gasteiger charge is -2.08. The molecule has 0 amide bonds. The summed E-state index contributed by atoms with van der Waals surface area (Å²) < 4.78 is 39.5. The Morgan fingerprint density at radius 2 is 2.07 bits per heavy atom. The van der Waals surface area contributed by atoms with Crippen molar-refractivity contribution in [1.29, 1.82) is 0 Å². The zero-order valence-electron chi connectivity index (χ0n) is 7.10. The smallest absolute Gasteiger partial charge is 0.406 e. The number of imidazole rings is 1. The van der Waals surface area contributed by atoms with Crippen LogP contribution in [0.3, 0.4) is 0 Å². The molecule has 15 heavy (non-hydrogen) atoms. The van der Waals surface area contributed by atoms with Gasteiger partial charge in [-0.05, 0) is 0 Å². The molecule has 0 unspecified atom stereocenters. The highest BCUT2D eigenvalue weighted by atomic mass is 35.5. The molecule has 1 aromatic heterocycles. The quantitative estimate of drug-likeness (QED) is 0.826. The van der Waals surface area contributed by atoms with Crippen LogP contribution in [-0.4, -0.2) is 16.3 Å². The first-order chi connectivity index (χ1) is 6.96. The molecule has 2 rings (SSSR count). The first kappa shape index (κ1) is 10.1. The largest absolute Gasteiger partial charge is 0.573 e. The SMILES string of the molecule is FC(F)(F)Oc1cc(Cl)c2nc[nH]c2c1. The maximum atomic E-state index is 11.9. The number of hydrogen-bond donors (Lipinski definition) is 1. The third-order valence-electron chi connectivity index (χ3n) is 1.68. The molecule has 0 spiro atoms. The minimum atomic E-state index is -4.73. The second-order valence-electron chi connectivity index (χ2n) is 2.75. The van der Waals surface area contributed by atoms with Crippen LogP contribution >= 0.6 is 11.6 Å². The third-order valence-corrected chi connectivity index (χ3v) is 1.97. The second-order valence-corrected chi connectivity index (χ2v) is 3.16. The molecule has 0 radical (unpaired) electrons. The summed E-state index contributed by atoms with van der Waals surface area (Å²) in [6.45, 7) is 0. The Kier molecular flexibility index (Phi) is 2.22. The number of H-pyrrole nitrogens is 1. The van der Waals surface area contributed by atoms with Crippen molar-refractivity contribution >= 4 is 22.6 Å². The Hall–Kier alpha value is -1.43. The van der Waals surface area contributed by atoms with Crippen LogP contribution in [0.1, 0.15) is 0 Å². The van der Waals surface area contributed by atoms with Crippen LogP contribution in [0.15, 0.2) is 18.5 Å². The number of nitrogens with zero attached hydrogens (tertiary/aromatic N) is 1. The van der Waals surface area contributed by atoms with Gasteiger partial charge in [0.15, 0.2) is 0 Å². The number of ether oxygens (including phenoxy) is 1. The molecule has 0 fully saturated rings. The van der Waals surface area contributed by atoms with Gasteiger partial charge in [0.25, 0.3) is 0 Å². The molecule has 0 bridgehead atoms. The standard InChI is InChI=1S/C8H4ClF3N2O/c9-5-1-4(15-8(10,11)12)2-6-7(5)14-3-13-6/h1-3H,(H,13,14). The number of rotatable bonds is 1. The average Bonchev–Trinajstić information content (AvgIpc) is 2.48. The first-order valence-corrected chi connectivity index (χ1v) is 4.22. The van der Waals surface area contributed by atoms with Crippen molar-refractivity contribution in [2.24, 2.45) is 0 Å². The van der Waals surface area contributed by atoms with E-state index in [2.05, 4.69) is 14.7 Å². The van der Waals surface area contributed by atoms with Gasteiger partial charge >= 0.3 is 6.36 Å². The van der Waals surface area contributed by atoms with Crippen LogP contribution in [0, 0.1) is 0 Å². The van der Waals surface area contributed by atoms with Crippen LogP contribution < -0.4 is 4.74 Å². The van der Waals surface area contributed by atoms with E-state index in [4.69, 9.17) is 11.6 Å². The summed E-state index contributed by atoms with van der Waals surface area (Å²) in [5.74, 6) is -0.371. The van der Waals surface area contributed by atoms with E-state index in [-0.39, 0.29) is 10.8 Å². The van der Waals surface area contributed by atoms with Crippen LogP contribution in [0.4, 0.5) is 13.2 Å². The molecule has 1 heterocycles. The Morgan fingerprint density at radius 1 is 1.33 bits per heavy atom. The lowest BCUT2D eigenvalue weighted by Crippen LogP contribution is -2.17. The lowest BCUT2D eigenvalue weighted by atomic mass is 10.3. The number of halogens is 4. The maximum absolute atomic E-state index is 11.9. The molecule has 80 valence electrons. The highest BCUT2D eigenvalue weighted by Crippen LogP contribution is 2.30. The Balaban J connectivity index is 2.45. The minimum Gasteiger partial charge on any atom is -0.406 e. The Morgan fingerprint density at radius 3 is 2.73 bits per heavy atom. The van der Waals surface area contributed by atoms with Crippen molar-refractivity contribution in [3.63, 3.8) is 0 Å². The van der Waals surface area contributed by atoms with Gasteiger partial charge in [0.1, 0.15) is 11.3 Å². The lowest BCUT2D eigenvalue weighted by molar-refractivity contribution is -0.274. The predicted octanol–water partition coefficient (Wildman–Crippen LogP) is 3.11. The Bertz CT molecular complexity index is 494. The third kappa shape index (κ3) is 2.15. The molecule has 0 aliphatic heterocycles. The summed E-state index contributed by atoms with van der Waals surface area (Å²) in [4.78, 5) is 6.48. The normalized spacial score (nSPS) is 12.0. The fourth-order valence-electron chi connectivity index (χ4n) is 1.17. The van der Waals surface area contributed by atoms with E-state index >= 15 is 0 Å². The zero-order valence-corrected chi connectivity index (χ0v) is 7.86. The summed E-state index contributed by atoms with van der Waals surface area (Å²) in [5, 5.41) is 0.105. The summed E-state index contributed by atoms with van der Waals surface area (Å²) in [7, 11) is 0. The van der Waals surface area contributed by atoms with Gasteiger partial charge in [0, 0.05) is 12.1 Å². The van der Waals surface area contributed by atoms with Gasteiger partial charge in [-0.15, -0.1) is 13.2 Å². The fraction of sp³-hybridized carbons (Fsp3) is 0.125. The van der Waals surface area contributed by atoms with Gasteiger partial charge in [-0.3, -0.25) is 0 Å². The van der Waals surface area contributed by atoms with Crippen molar-refractivity contribution in [3.05, 3.63) is 23.5 Å². The molecule has 7 heteroatoms. The monoisotopic (exact) mass is 236 g/mol. The van der Waals surface area contributed by atoms with E-state index in [1.54, 1.807) is 0 Å². The molecule has 1 aromatic carbocycles. The number of alkyl halides is 3. The van der Waals surface area contributed by atoms with Crippen molar-refractivity contribution in [3.8, 4) is 5.75 Å².